The van der Waals surface area contributed by atoms with Gasteiger partial charge in [0.25, 0.3) is 0 Å². The van der Waals surface area contributed by atoms with Crippen LogP contribution in [-0.2, 0) is 6.42 Å². The number of hydrogen-bond donors (Lipinski definition) is 0. The third-order valence-corrected chi connectivity index (χ3v) is 3.67. The first-order valence-corrected chi connectivity index (χ1v) is 6.89. The zero-order chi connectivity index (χ0) is 14.8. The van der Waals surface area contributed by atoms with Crippen LogP contribution in [0.25, 0.3) is 0 Å². The quantitative estimate of drug-likeness (QED) is 0.794. The molecule has 0 saturated carbocycles. The molecule has 0 amide bonds. The summed E-state index contributed by atoms with van der Waals surface area (Å²) in [6, 6.07) is 5.31. The number of halogens is 2. The van der Waals surface area contributed by atoms with Crippen LogP contribution < -0.4 is 0 Å². The van der Waals surface area contributed by atoms with E-state index in [4.69, 9.17) is 23.2 Å². The van der Waals surface area contributed by atoms with Crippen molar-refractivity contribution in [2.75, 3.05) is 0 Å². The maximum atomic E-state index is 12.5. The van der Waals surface area contributed by atoms with Gasteiger partial charge in [0.1, 0.15) is 6.33 Å². The number of Topliss-reactive ketones (excluding diaryl/α,β-unsaturated/α-hetero) is 1. The summed E-state index contributed by atoms with van der Waals surface area (Å²) in [5.41, 5.74) is 0.802. The summed E-state index contributed by atoms with van der Waals surface area (Å²) in [6.07, 6.45) is 4.98. The highest BCUT2D eigenvalue weighted by Crippen LogP contribution is 2.30. The van der Waals surface area contributed by atoms with Crippen molar-refractivity contribution >= 4 is 29.0 Å². The molecule has 0 N–H and O–H groups in total. The van der Waals surface area contributed by atoms with Crippen molar-refractivity contribution < 1.29 is 4.79 Å². The van der Waals surface area contributed by atoms with Gasteiger partial charge in [-0.15, -0.1) is 0 Å². The van der Waals surface area contributed by atoms with Gasteiger partial charge in [-0.3, -0.25) is 4.79 Å². The molecule has 1 aromatic heterocycles. The van der Waals surface area contributed by atoms with E-state index in [1.165, 1.54) is 18.7 Å². The van der Waals surface area contributed by atoms with Crippen LogP contribution in [0.1, 0.15) is 29.8 Å². The lowest BCUT2D eigenvalue weighted by Gasteiger charge is -2.23. The zero-order valence-electron chi connectivity index (χ0n) is 11.2. The topological polar surface area (TPSA) is 42.9 Å². The van der Waals surface area contributed by atoms with Gasteiger partial charge in [0.2, 0.25) is 0 Å². The highest BCUT2D eigenvalue weighted by atomic mass is 35.5. The maximum Gasteiger partial charge on any atom is 0.171 e. The number of carbonyl (C=O) groups excluding carboxylic acids is 1. The molecule has 0 spiro atoms. The van der Waals surface area contributed by atoms with E-state index in [1.54, 1.807) is 12.1 Å². The molecule has 1 heterocycles. The fraction of sp³-hybridized carbons (Fsp3) is 0.267. The molecule has 104 valence electrons. The number of benzene rings is 1. The van der Waals surface area contributed by atoms with Crippen LogP contribution in [0.2, 0.25) is 10.0 Å². The molecule has 3 nitrogen and oxygen atoms in total. The van der Waals surface area contributed by atoms with Crippen molar-refractivity contribution in [3.05, 3.63) is 58.1 Å². The van der Waals surface area contributed by atoms with Crippen LogP contribution in [0.3, 0.4) is 0 Å². The van der Waals surface area contributed by atoms with E-state index in [2.05, 4.69) is 9.97 Å². The summed E-state index contributed by atoms with van der Waals surface area (Å²) in [7, 11) is 0. The second kappa shape index (κ2) is 5.90. The third-order valence-electron chi connectivity index (χ3n) is 3.08. The van der Waals surface area contributed by atoms with Crippen molar-refractivity contribution in [1.29, 1.82) is 0 Å². The fourth-order valence-electron chi connectivity index (χ4n) is 2.03. The molecule has 20 heavy (non-hydrogen) atoms. The Morgan fingerprint density at radius 3 is 2.45 bits per heavy atom. The minimum atomic E-state index is -0.595. The molecule has 0 saturated heterocycles. The van der Waals surface area contributed by atoms with Gasteiger partial charge in [0.15, 0.2) is 5.78 Å². The first-order chi connectivity index (χ1) is 9.40. The Bertz CT molecular complexity index is 627. The van der Waals surface area contributed by atoms with Crippen LogP contribution >= 0.6 is 23.2 Å². The number of ketones is 1. The molecule has 0 aliphatic heterocycles. The highest BCUT2D eigenvalue weighted by Gasteiger charge is 2.30. The van der Waals surface area contributed by atoms with Gasteiger partial charge in [0.05, 0.1) is 5.56 Å². The van der Waals surface area contributed by atoms with Crippen LogP contribution in [-0.4, -0.2) is 15.8 Å². The second-order valence-corrected chi connectivity index (χ2v) is 6.10. The van der Waals surface area contributed by atoms with E-state index >= 15 is 0 Å². The van der Waals surface area contributed by atoms with Crippen LogP contribution in [0.15, 0.2) is 36.9 Å². The highest BCUT2D eigenvalue weighted by molar-refractivity contribution is 6.35. The van der Waals surface area contributed by atoms with Crippen LogP contribution in [0.4, 0.5) is 0 Å². The van der Waals surface area contributed by atoms with Crippen molar-refractivity contribution in [3.8, 4) is 0 Å². The first kappa shape index (κ1) is 14.9. The summed E-state index contributed by atoms with van der Waals surface area (Å²) in [5.74, 6) is -0.0101. The molecular weight excluding hydrogens is 295 g/mol. The SMILES string of the molecule is CC(C)(Cc1ccc(Cl)cc1Cl)C(=O)c1cncnc1. The van der Waals surface area contributed by atoms with E-state index in [1.807, 2.05) is 19.9 Å². The van der Waals surface area contributed by atoms with Gasteiger partial charge >= 0.3 is 0 Å². The van der Waals surface area contributed by atoms with Gasteiger partial charge in [-0.25, -0.2) is 9.97 Å². The predicted molar refractivity (Wildman–Crippen MR) is 80.3 cm³/mol. The first-order valence-electron chi connectivity index (χ1n) is 6.14. The Hall–Kier alpha value is -1.45. The number of hydrogen-bond acceptors (Lipinski definition) is 3. The Morgan fingerprint density at radius 1 is 1.20 bits per heavy atom. The van der Waals surface area contributed by atoms with E-state index < -0.39 is 5.41 Å². The van der Waals surface area contributed by atoms with Crippen LogP contribution in [0, 0.1) is 5.41 Å². The Labute approximate surface area is 128 Å². The van der Waals surface area contributed by atoms with E-state index in [-0.39, 0.29) is 5.78 Å². The molecule has 0 atom stereocenters. The summed E-state index contributed by atoms with van der Waals surface area (Å²) in [5, 5.41) is 1.15. The Morgan fingerprint density at radius 2 is 1.85 bits per heavy atom. The van der Waals surface area contributed by atoms with Crippen molar-refractivity contribution in [3.63, 3.8) is 0 Å². The molecule has 0 aliphatic carbocycles. The molecule has 5 heteroatoms. The number of carbonyl (C=O) groups is 1. The summed E-state index contributed by atoms with van der Waals surface area (Å²) in [6.45, 7) is 3.76. The van der Waals surface area contributed by atoms with Crippen molar-refractivity contribution in [2.45, 2.75) is 20.3 Å². The average molecular weight is 309 g/mol. The maximum absolute atomic E-state index is 12.5. The minimum Gasteiger partial charge on any atom is -0.293 e. The minimum absolute atomic E-state index is 0.0101. The third kappa shape index (κ3) is 3.35. The largest absolute Gasteiger partial charge is 0.293 e. The molecule has 2 rings (SSSR count). The average Bonchev–Trinajstić information content (AvgIpc) is 2.42. The zero-order valence-corrected chi connectivity index (χ0v) is 12.7. The Balaban J connectivity index is 2.25. The van der Waals surface area contributed by atoms with Gasteiger partial charge < -0.3 is 0 Å². The molecule has 0 radical (unpaired) electrons. The van der Waals surface area contributed by atoms with Gasteiger partial charge in [0, 0.05) is 27.9 Å². The standard InChI is InChI=1S/C15H14Cl2N2O/c1-15(2,14(20)11-7-18-9-19-8-11)6-10-3-4-12(16)5-13(10)17/h3-5,7-9H,6H2,1-2H3. The smallest absolute Gasteiger partial charge is 0.171 e. The molecule has 0 fully saturated rings. The summed E-state index contributed by atoms with van der Waals surface area (Å²) in [4.78, 5) is 20.3. The van der Waals surface area contributed by atoms with Crippen molar-refractivity contribution in [2.24, 2.45) is 5.41 Å². The number of aromatic nitrogens is 2. The molecular formula is C15H14Cl2N2O. The molecule has 1 aromatic carbocycles. The number of rotatable bonds is 4. The summed E-state index contributed by atoms with van der Waals surface area (Å²) < 4.78 is 0. The lowest BCUT2D eigenvalue weighted by atomic mass is 9.79. The lowest BCUT2D eigenvalue weighted by molar-refractivity contribution is 0.0837. The van der Waals surface area contributed by atoms with E-state index in [9.17, 15) is 4.79 Å². The number of nitrogens with zero attached hydrogens (tertiary/aromatic N) is 2. The van der Waals surface area contributed by atoms with E-state index in [0.29, 0.717) is 22.0 Å². The fourth-order valence-corrected chi connectivity index (χ4v) is 2.50. The van der Waals surface area contributed by atoms with Crippen LogP contribution in [0.5, 0.6) is 0 Å². The predicted octanol–water partition coefficient (Wildman–Crippen LogP) is 4.24. The summed E-state index contributed by atoms with van der Waals surface area (Å²) >= 11 is 12.0. The molecule has 0 bridgehead atoms. The normalized spacial score (nSPS) is 11.4. The van der Waals surface area contributed by atoms with Gasteiger partial charge in [-0.1, -0.05) is 43.1 Å². The molecule has 2 aromatic rings. The van der Waals surface area contributed by atoms with Gasteiger partial charge in [-0.2, -0.15) is 0 Å². The lowest BCUT2D eigenvalue weighted by Crippen LogP contribution is -2.27. The molecule has 0 aliphatic rings. The Kier molecular flexibility index (Phi) is 4.41. The molecule has 0 unspecified atom stereocenters. The monoisotopic (exact) mass is 308 g/mol. The van der Waals surface area contributed by atoms with Gasteiger partial charge in [-0.05, 0) is 24.1 Å². The van der Waals surface area contributed by atoms with Crippen molar-refractivity contribution in [1.82, 2.24) is 9.97 Å². The second-order valence-electron chi connectivity index (χ2n) is 5.25. The van der Waals surface area contributed by atoms with E-state index in [0.717, 1.165) is 5.56 Å².